The summed E-state index contributed by atoms with van der Waals surface area (Å²) in [4.78, 5) is 16.4. The summed E-state index contributed by atoms with van der Waals surface area (Å²) in [6.07, 6.45) is -3.79. The predicted molar refractivity (Wildman–Crippen MR) is 66.8 cm³/mol. The molecule has 0 aliphatic carbocycles. The Morgan fingerprint density at radius 3 is 2.60 bits per heavy atom. The number of hydrogen-bond donors (Lipinski definition) is 1. The van der Waals surface area contributed by atoms with E-state index in [4.69, 9.17) is 16.7 Å². The number of hydrogen-bond acceptors (Lipinski definition) is 3. The van der Waals surface area contributed by atoms with Gasteiger partial charge in [-0.2, -0.15) is 13.2 Å². The van der Waals surface area contributed by atoms with Crippen LogP contribution < -0.4 is 4.90 Å². The standard InChI is InChI=1S/C12H12ClF3N2O2/c1-6-4-18(5-8(6)11(19)20)10-9(13)2-7(3-17-10)12(14,15)16/h2-3,6,8H,4-5H2,1H3,(H,19,20). The van der Waals surface area contributed by atoms with Crippen molar-refractivity contribution in [2.45, 2.75) is 13.1 Å². The Bertz CT molecular complexity index is 536. The monoisotopic (exact) mass is 308 g/mol. The van der Waals surface area contributed by atoms with Gasteiger partial charge in [-0.25, -0.2) is 4.98 Å². The van der Waals surface area contributed by atoms with Crippen LogP contribution in [0.4, 0.5) is 19.0 Å². The molecule has 20 heavy (non-hydrogen) atoms. The first-order valence-corrected chi connectivity index (χ1v) is 6.28. The van der Waals surface area contributed by atoms with Crippen LogP contribution in [-0.4, -0.2) is 29.1 Å². The fraction of sp³-hybridized carbons (Fsp3) is 0.500. The van der Waals surface area contributed by atoms with Crippen molar-refractivity contribution in [1.29, 1.82) is 0 Å². The number of nitrogens with zero attached hydrogens (tertiary/aromatic N) is 2. The van der Waals surface area contributed by atoms with Crippen molar-refractivity contribution in [1.82, 2.24) is 4.98 Å². The van der Waals surface area contributed by atoms with Crippen LogP contribution >= 0.6 is 11.6 Å². The van der Waals surface area contributed by atoms with Gasteiger partial charge in [0.2, 0.25) is 0 Å². The molecule has 2 heterocycles. The third-order valence-corrected chi connectivity index (χ3v) is 3.66. The number of alkyl halides is 3. The van der Waals surface area contributed by atoms with E-state index in [0.717, 1.165) is 6.07 Å². The van der Waals surface area contributed by atoms with Gasteiger partial charge in [0.15, 0.2) is 0 Å². The van der Waals surface area contributed by atoms with Gasteiger partial charge in [0.05, 0.1) is 16.5 Å². The highest BCUT2D eigenvalue weighted by Gasteiger charge is 2.37. The average molecular weight is 309 g/mol. The summed E-state index contributed by atoms with van der Waals surface area (Å²) in [6, 6.07) is 0.808. The van der Waals surface area contributed by atoms with E-state index in [1.165, 1.54) is 0 Å². The lowest BCUT2D eigenvalue weighted by Crippen LogP contribution is -2.24. The van der Waals surface area contributed by atoms with Crippen molar-refractivity contribution in [3.8, 4) is 0 Å². The number of carboxylic acid groups (broad SMARTS) is 1. The van der Waals surface area contributed by atoms with Gasteiger partial charge in [0, 0.05) is 19.3 Å². The molecule has 1 aliphatic rings. The minimum Gasteiger partial charge on any atom is -0.481 e. The zero-order valence-electron chi connectivity index (χ0n) is 10.5. The quantitative estimate of drug-likeness (QED) is 0.912. The topological polar surface area (TPSA) is 53.4 Å². The molecule has 0 aromatic carbocycles. The molecule has 0 radical (unpaired) electrons. The van der Waals surface area contributed by atoms with Gasteiger partial charge in [-0.3, -0.25) is 4.79 Å². The third kappa shape index (κ3) is 2.82. The van der Waals surface area contributed by atoms with Crippen LogP contribution in [0.1, 0.15) is 12.5 Å². The fourth-order valence-corrected chi connectivity index (χ4v) is 2.57. The van der Waals surface area contributed by atoms with E-state index in [1.54, 1.807) is 11.8 Å². The molecule has 1 aromatic heterocycles. The van der Waals surface area contributed by atoms with Crippen LogP contribution in [0.25, 0.3) is 0 Å². The Morgan fingerprint density at radius 1 is 1.50 bits per heavy atom. The molecule has 2 unspecified atom stereocenters. The SMILES string of the molecule is CC1CN(c2ncc(C(F)(F)F)cc2Cl)CC1C(=O)O. The molecule has 8 heteroatoms. The van der Waals surface area contributed by atoms with Crippen LogP contribution in [0.5, 0.6) is 0 Å². The first-order chi connectivity index (χ1) is 9.20. The first-order valence-electron chi connectivity index (χ1n) is 5.90. The molecule has 0 spiro atoms. The minimum absolute atomic E-state index is 0.118. The number of carbonyl (C=O) groups is 1. The Balaban J connectivity index is 2.25. The van der Waals surface area contributed by atoms with Crippen molar-refractivity contribution in [2.75, 3.05) is 18.0 Å². The molecule has 110 valence electrons. The molecule has 1 saturated heterocycles. The second kappa shape index (κ2) is 5.12. The zero-order valence-corrected chi connectivity index (χ0v) is 11.2. The molecule has 0 saturated carbocycles. The summed E-state index contributed by atoms with van der Waals surface area (Å²) >= 11 is 5.84. The summed E-state index contributed by atoms with van der Waals surface area (Å²) in [5, 5.41) is 8.91. The number of halogens is 4. The molecule has 0 bridgehead atoms. The van der Waals surface area contributed by atoms with Crippen molar-refractivity contribution in [2.24, 2.45) is 11.8 Å². The summed E-state index contributed by atoms with van der Waals surface area (Å²) in [7, 11) is 0. The summed E-state index contributed by atoms with van der Waals surface area (Å²) in [5.41, 5.74) is -0.923. The lowest BCUT2D eigenvalue weighted by Gasteiger charge is -2.19. The van der Waals surface area contributed by atoms with Crippen LogP contribution in [0.3, 0.4) is 0 Å². The van der Waals surface area contributed by atoms with Crippen molar-refractivity contribution in [3.05, 3.63) is 22.8 Å². The summed E-state index contributed by atoms with van der Waals surface area (Å²) in [6.45, 7) is 2.36. The van der Waals surface area contributed by atoms with E-state index < -0.39 is 23.6 Å². The first kappa shape index (κ1) is 14.9. The number of rotatable bonds is 2. The Kier molecular flexibility index (Phi) is 3.82. The molecule has 1 aromatic rings. The molecule has 1 N–H and O–H groups in total. The van der Waals surface area contributed by atoms with Gasteiger partial charge in [-0.15, -0.1) is 0 Å². The Labute approximate surface area is 118 Å². The molecule has 2 rings (SSSR count). The highest BCUT2D eigenvalue weighted by Crippen LogP contribution is 2.36. The molecular weight excluding hydrogens is 297 g/mol. The van der Waals surface area contributed by atoms with E-state index in [2.05, 4.69) is 4.98 Å². The highest BCUT2D eigenvalue weighted by molar-refractivity contribution is 6.33. The third-order valence-electron chi connectivity index (χ3n) is 3.38. The average Bonchev–Trinajstić information content (AvgIpc) is 2.69. The normalized spacial score (nSPS) is 23.1. The van der Waals surface area contributed by atoms with Gasteiger partial charge in [0.1, 0.15) is 5.82 Å². The lowest BCUT2D eigenvalue weighted by molar-refractivity contribution is -0.142. The maximum atomic E-state index is 12.5. The van der Waals surface area contributed by atoms with E-state index in [1.807, 2.05) is 0 Å². The van der Waals surface area contributed by atoms with Gasteiger partial charge in [-0.05, 0) is 12.0 Å². The number of aromatic nitrogens is 1. The highest BCUT2D eigenvalue weighted by atomic mass is 35.5. The van der Waals surface area contributed by atoms with Gasteiger partial charge < -0.3 is 10.0 Å². The fourth-order valence-electron chi connectivity index (χ4n) is 2.28. The minimum atomic E-state index is -4.50. The van der Waals surface area contributed by atoms with Crippen LogP contribution in [0.15, 0.2) is 12.3 Å². The maximum absolute atomic E-state index is 12.5. The second-order valence-corrected chi connectivity index (χ2v) is 5.26. The molecule has 2 atom stereocenters. The van der Waals surface area contributed by atoms with E-state index in [9.17, 15) is 18.0 Å². The molecule has 0 amide bonds. The van der Waals surface area contributed by atoms with Crippen LogP contribution in [-0.2, 0) is 11.0 Å². The number of aliphatic carboxylic acids is 1. The number of anilines is 1. The lowest BCUT2D eigenvalue weighted by atomic mass is 9.99. The van der Waals surface area contributed by atoms with Gasteiger partial charge >= 0.3 is 12.1 Å². The number of carboxylic acids is 1. The largest absolute Gasteiger partial charge is 0.481 e. The van der Waals surface area contributed by atoms with Crippen LogP contribution in [0.2, 0.25) is 5.02 Å². The molecule has 4 nitrogen and oxygen atoms in total. The van der Waals surface area contributed by atoms with E-state index in [0.29, 0.717) is 12.7 Å². The van der Waals surface area contributed by atoms with Crippen molar-refractivity contribution in [3.63, 3.8) is 0 Å². The Hall–Kier alpha value is -1.50. The maximum Gasteiger partial charge on any atom is 0.417 e. The molecule has 1 fully saturated rings. The van der Waals surface area contributed by atoms with Gasteiger partial charge in [0.25, 0.3) is 0 Å². The molecule has 1 aliphatic heterocycles. The van der Waals surface area contributed by atoms with Crippen molar-refractivity contribution >= 4 is 23.4 Å². The summed E-state index contributed by atoms with van der Waals surface area (Å²) in [5.74, 6) is -1.43. The van der Waals surface area contributed by atoms with Crippen molar-refractivity contribution < 1.29 is 23.1 Å². The molecular formula is C12H12ClF3N2O2. The van der Waals surface area contributed by atoms with Gasteiger partial charge in [-0.1, -0.05) is 18.5 Å². The van der Waals surface area contributed by atoms with Crippen LogP contribution in [0, 0.1) is 11.8 Å². The van der Waals surface area contributed by atoms with E-state index in [-0.39, 0.29) is 23.3 Å². The second-order valence-electron chi connectivity index (χ2n) is 4.85. The zero-order chi connectivity index (χ0) is 15.1. The Morgan fingerprint density at radius 2 is 2.15 bits per heavy atom. The summed E-state index contributed by atoms with van der Waals surface area (Å²) < 4.78 is 37.6. The van der Waals surface area contributed by atoms with E-state index >= 15 is 0 Å². The predicted octanol–water partition coefficient (Wildman–Crippen LogP) is 2.91. The number of pyridine rings is 1. The smallest absolute Gasteiger partial charge is 0.417 e.